The molecule has 17 heavy (non-hydrogen) atoms. The summed E-state index contributed by atoms with van der Waals surface area (Å²) in [4.78, 5) is 18.2. The number of aryl methyl sites for hydroxylation is 1. The Labute approximate surface area is 99.6 Å². The van der Waals surface area contributed by atoms with Crippen LogP contribution in [0.15, 0.2) is 0 Å². The van der Waals surface area contributed by atoms with E-state index in [1.54, 1.807) is 6.92 Å². The van der Waals surface area contributed by atoms with E-state index in [0.29, 0.717) is 0 Å². The zero-order valence-corrected chi connectivity index (χ0v) is 10.4. The summed E-state index contributed by atoms with van der Waals surface area (Å²) in [6.07, 6.45) is 0.799. The maximum atomic E-state index is 11.0. The molecule has 7 nitrogen and oxygen atoms in total. The second-order valence-electron chi connectivity index (χ2n) is 4.48. The van der Waals surface area contributed by atoms with E-state index in [1.165, 1.54) is 0 Å². The van der Waals surface area contributed by atoms with Crippen molar-refractivity contribution in [1.82, 2.24) is 9.97 Å². The number of nitrogens with zero attached hydrogens (tertiary/aromatic N) is 3. The number of anilines is 2. The Hall–Kier alpha value is -1.92. The van der Waals surface area contributed by atoms with Crippen LogP contribution in [0.3, 0.4) is 0 Å². The zero-order valence-electron chi connectivity index (χ0n) is 10.4. The minimum Gasteiger partial charge on any atom is -0.368 e. The molecular formula is C10H17N5O2. The molecule has 0 aliphatic carbocycles. The normalized spacial score (nSPS) is 11.3. The first-order valence-electron chi connectivity index (χ1n) is 5.33. The number of aromatic nitrogens is 2. The summed E-state index contributed by atoms with van der Waals surface area (Å²) < 4.78 is 0. The minimum atomic E-state index is -0.497. The van der Waals surface area contributed by atoms with Crippen molar-refractivity contribution in [2.24, 2.45) is 0 Å². The summed E-state index contributed by atoms with van der Waals surface area (Å²) >= 11 is 0. The molecule has 0 spiro atoms. The fourth-order valence-corrected chi connectivity index (χ4v) is 1.30. The Balaban J connectivity index is 3.26. The van der Waals surface area contributed by atoms with E-state index in [9.17, 15) is 10.1 Å². The Morgan fingerprint density at radius 1 is 1.47 bits per heavy atom. The molecule has 0 unspecified atom stereocenters. The molecule has 0 saturated heterocycles. The van der Waals surface area contributed by atoms with Crippen molar-refractivity contribution in [2.45, 2.75) is 39.7 Å². The van der Waals surface area contributed by atoms with Gasteiger partial charge in [0.15, 0.2) is 0 Å². The van der Waals surface area contributed by atoms with Gasteiger partial charge in [-0.2, -0.15) is 4.98 Å². The van der Waals surface area contributed by atoms with Crippen LogP contribution in [0, 0.1) is 17.0 Å². The lowest BCUT2D eigenvalue weighted by molar-refractivity contribution is -0.385. The molecule has 0 saturated carbocycles. The van der Waals surface area contributed by atoms with Crippen molar-refractivity contribution >= 4 is 17.5 Å². The molecule has 0 atom stereocenters. The van der Waals surface area contributed by atoms with Gasteiger partial charge in [-0.05, 0) is 27.2 Å². The van der Waals surface area contributed by atoms with Gasteiger partial charge in [0.2, 0.25) is 11.8 Å². The van der Waals surface area contributed by atoms with Crippen LogP contribution in [0.1, 0.15) is 32.9 Å². The fraction of sp³-hybridized carbons (Fsp3) is 0.600. The molecule has 1 aromatic rings. The third-order valence-electron chi connectivity index (χ3n) is 2.60. The molecule has 94 valence electrons. The highest BCUT2D eigenvalue weighted by Gasteiger charge is 2.25. The molecule has 1 rings (SSSR count). The highest BCUT2D eigenvalue weighted by Crippen LogP contribution is 2.28. The van der Waals surface area contributed by atoms with Crippen molar-refractivity contribution < 1.29 is 4.92 Å². The molecule has 0 bridgehead atoms. The molecule has 0 aliphatic rings. The Kier molecular flexibility index (Phi) is 3.50. The smallest absolute Gasteiger partial charge is 0.332 e. The molecule has 0 aliphatic heterocycles. The van der Waals surface area contributed by atoms with Crippen LogP contribution in [0.4, 0.5) is 17.5 Å². The Morgan fingerprint density at radius 2 is 2.06 bits per heavy atom. The minimum absolute atomic E-state index is 0.0301. The van der Waals surface area contributed by atoms with Gasteiger partial charge in [0.1, 0.15) is 5.69 Å². The maximum absolute atomic E-state index is 11.0. The second kappa shape index (κ2) is 4.52. The standard InChI is InChI=1S/C10H17N5O2/c1-5-10(3,4)14-8-7(15(16)17)6(2)12-9(11)13-8/h5H2,1-4H3,(H3,11,12,13,14). The van der Waals surface area contributed by atoms with E-state index >= 15 is 0 Å². The van der Waals surface area contributed by atoms with Gasteiger partial charge in [-0.15, -0.1) is 0 Å². The predicted molar refractivity (Wildman–Crippen MR) is 65.8 cm³/mol. The lowest BCUT2D eigenvalue weighted by Gasteiger charge is -2.25. The highest BCUT2D eigenvalue weighted by atomic mass is 16.6. The van der Waals surface area contributed by atoms with Crippen molar-refractivity contribution in [3.05, 3.63) is 15.8 Å². The molecule has 7 heteroatoms. The van der Waals surface area contributed by atoms with Gasteiger partial charge in [-0.25, -0.2) is 4.98 Å². The van der Waals surface area contributed by atoms with Gasteiger partial charge >= 0.3 is 5.69 Å². The lowest BCUT2D eigenvalue weighted by atomic mass is 10.0. The second-order valence-corrected chi connectivity index (χ2v) is 4.48. The first-order chi connectivity index (χ1) is 7.76. The molecule has 0 radical (unpaired) electrons. The molecule has 1 heterocycles. The van der Waals surface area contributed by atoms with E-state index < -0.39 is 4.92 Å². The van der Waals surface area contributed by atoms with Crippen molar-refractivity contribution in [3.8, 4) is 0 Å². The van der Waals surface area contributed by atoms with Crippen LogP contribution in [0.5, 0.6) is 0 Å². The molecule has 0 fully saturated rings. The molecule has 1 aromatic heterocycles. The molecule has 0 amide bonds. The van der Waals surface area contributed by atoms with Gasteiger partial charge in [-0.3, -0.25) is 10.1 Å². The maximum Gasteiger partial charge on any atom is 0.332 e. The highest BCUT2D eigenvalue weighted by molar-refractivity contribution is 5.61. The molecular weight excluding hydrogens is 222 g/mol. The number of hydrogen-bond donors (Lipinski definition) is 2. The summed E-state index contributed by atoms with van der Waals surface area (Å²) in [5.41, 5.74) is 5.35. The molecule has 0 aromatic carbocycles. The van der Waals surface area contributed by atoms with Gasteiger partial charge in [0, 0.05) is 5.54 Å². The number of nitro groups is 1. The number of hydrogen-bond acceptors (Lipinski definition) is 6. The van der Waals surface area contributed by atoms with Gasteiger partial charge in [-0.1, -0.05) is 6.92 Å². The molecule has 3 N–H and O–H groups in total. The van der Waals surface area contributed by atoms with E-state index in [0.717, 1.165) is 6.42 Å². The Morgan fingerprint density at radius 3 is 2.53 bits per heavy atom. The fourth-order valence-electron chi connectivity index (χ4n) is 1.30. The summed E-state index contributed by atoms with van der Waals surface area (Å²) in [6, 6.07) is 0. The predicted octanol–water partition coefficient (Wildman–Crippen LogP) is 1.88. The number of rotatable bonds is 4. The SMILES string of the molecule is CCC(C)(C)Nc1nc(N)nc(C)c1[N+](=O)[O-]. The van der Waals surface area contributed by atoms with E-state index in [4.69, 9.17) is 5.73 Å². The summed E-state index contributed by atoms with van der Waals surface area (Å²) in [6.45, 7) is 7.39. The first-order valence-corrected chi connectivity index (χ1v) is 5.33. The summed E-state index contributed by atoms with van der Waals surface area (Å²) in [5, 5.41) is 14.0. The van der Waals surface area contributed by atoms with Gasteiger partial charge in [0.25, 0.3) is 0 Å². The number of nitrogens with two attached hydrogens (primary N) is 1. The number of nitrogen functional groups attached to an aromatic ring is 1. The third kappa shape index (κ3) is 3.02. The van der Waals surface area contributed by atoms with E-state index in [1.807, 2.05) is 20.8 Å². The van der Waals surface area contributed by atoms with Crippen LogP contribution in [-0.4, -0.2) is 20.4 Å². The van der Waals surface area contributed by atoms with Crippen molar-refractivity contribution in [1.29, 1.82) is 0 Å². The average Bonchev–Trinajstić information content (AvgIpc) is 2.14. The summed E-state index contributed by atoms with van der Waals surface area (Å²) in [7, 11) is 0. The van der Waals surface area contributed by atoms with Gasteiger partial charge in [0.05, 0.1) is 4.92 Å². The third-order valence-corrected chi connectivity index (χ3v) is 2.60. The number of nitrogens with one attached hydrogen (secondary N) is 1. The largest absolute Gasteiger partial charge is 0.368 e. The van der Waals surface area contributed by atoms with Crippen molar-refractivity contribution in [2.75, 3.05) is 11.1 Å². The average molecular weight is 239 g/mol. The quantitative estimate of drug-likeness (QED) is 0.613. The van der Waals surface area contributed by atoms with Crippen LogP contribution < -0.4 is 11.1 Å². The Bertz CT molecular complexity index is 445. The van der Waals surface area contributed by atoms with Gasteiger partial charge < -0.3 is 11.1 Å². The van der Waals surface area contributed by atoms with Crippen LogP contribution in [0.25, 0.3) is 0 Å². The summed E-state index contributed by atoms with van der Waals surface area (Å²) in [5.74, 6) is 0.203. The van der Waals surface area contributed by atoms with E-state index in [-0.39, 0.29) is 28.7 Å². The first kappa shape index (κ1) is 13.1. The van der Waals surface area contributed by atoms with Crippen molar-refractivity contribution in [3.63, 3.8) is 0 Å². The zero-order chi connectivity index (χ0) is 13.2. The topological polar surface area (TPSA) is 107 Å². The van der Waals surface area contributed by atoms with Crippen LogP contribution in [-0.2, 0) is 0 Å². The van der Waals surface area contributed by atoms with Crippen LogP contribution >= 0.6 is 0 Å². The van der Waals surface area contributed by atoms with Crippen LogP contribution in [0.2, 0.25) is 0 Å². The monoisotopic (exact) mass is 239 g/mol. The lowest BCUT2D eigenvalue weighted by Crippen LogP contribution is -2.31. The van der Waals surface area contributed by atoms with E-state index in [2.05, 4.69) is 15.3 Å².